The van der Waals surface area contributed by atoms with Crippen LogP contribution in [0.1, 0.15) is 20.3 Å². The Labute approximate surface area is 108 Å². The van der Waals surface area contributed by atoms with Gasteiger partial charge in [0.25, 0.3) is 0 Å². The zero-order valence-electron chi connectivity index (χ0n) is 11.2. The SMILES string of the molecule is CC[C@@H](C)NC(=O)C(=O)NCCN1CCOCC1. The lowest BCUT2D eigenvalue weighted by Crippen LogP contribution is -2.46. The largest absolute Gasteiger partial charge is 0.379 e. The van der Waals surface area contributed by atoms with Crippen molar-refractivity contribution < 1.29 is 14.3 Å². The van der Waals surface area contributed by atoms with Gasteiger partial charge in [0.05, 0.1) is 13.2 Å². The number of ether oxygens (including phenoxy) is 1. The van der Waals surface area contributed by atoms with Crippen LogP contribution in [0.25, 0.3) is 0 Å². The summed E-state index contributed by atoms with van der Waals surface area (Å²) in [5.41, 5.74) is 0. The minimum absolute atomic E-state index is 0.0301. The molecule has 0 aromatic carbocycles. The van der Waals surface area contributed by atoms with Gasteiger partial charge in [0, 0.05) is 32.2 Å². The number of carbonyl (C=O) groups excluding carboxylic acids is 2. The van der Waals surface area contributed by atoms with E-state index in [2.05, 4.69) is 15.5 Å². The van der Waals surface area contributed by atoms with E-state index in [9.17, 15) is 9.59 Å². The van der Waals surface area contributed by atoms with Gasteiger partial charge in [-0.25, -0.2) is 0 Å². The number of amides is 2. The highest BCUT2D eigenvalue weighted by atomic mass is 16.5. The molecule has 104 valence electrons. The molecule has 0 spiro atoms. The summed E-state index contributed by atoms with van der Waals surface area (Å²) in [6, 6.07) is 0.0301. The summed E-state index contributed by atoms with van der Waals surface area (Å²) in [4.78, 5) is 25.1. The van der Waals surface area contributed by atoms with Crippen molar-refractivity contribution >= 4 is 11.8 Å². The maximum absolute atomic E-state index is 11.5. The second-order valence-corrected chi connectivity index (χ2v) is 4.49. The highest BCUT2D eigenvalue weighted by Crippen LogP contribution is 1.94. The monoisotopic (exact) mass is 257 g/mol. The minimum atomic E-state index is -0.552. The summed E-state index contributed by atoms with van der Waals surface area (Å²) in [5, 5.41) is 5.26. The summed E-state index contributed by atoms with van der Waals surface area (Å²) in [7, 11) is 0. The molecule has 6 heteroatoms. The number of nitrogens with one attached hydrogen (secondary N) is 2. The van der Waals surface area contributed by atoms with Gasteiger partial charge in [0.15, 0.2) is 0 Å². The smallest absolute Gasteiger partial charge is 0.309 e. The van der Waals surface area contributed by atoms with Crippen molar-refractivity contribution in [3.63, 3.8) is 0 Å². The third kappa shape index (κ3) is 5.46. The van der Waals surface area contributed by atoms with E-state index in [0.29, 0.717) is 6.54 Å². The fraction of sp³-hybridized carbons (Fsp3) is 0.833. The fourth-order valence-electron chi connectivity index (χ4n) is 1.62. The number of hydrogen-bond acceptors (Lipinski definition) is 4. The molecule has 2 amide bonds. The Hall–Kier alpha value is -1.14. The van der Waals surface area contributed by atoms with Gasteiger partial charge in [0.2, 0.25) is 0 Å². The van der Waals surface area contributed by atoms with Crippen LogP contribution in [0.4, 0.5) is 0 Å². The number of rotatable bonds is 5. The Morgan fingerprint density at radius 2 is 1.94 bits per heavy atom. The predicted molar refractivity (Wildman–Crippen MR) is 68.2 cm³/mol. The molecule has 1 fully saturated rings. The molecule has 0 saturated carbocycles. The number of nitrogens with zero attached hydrogens (tertiary/aromatic N) is 1. The highest BCUT2D eigenvalue weighted by molar-refractivity contribution is 6.35. The molecule has 1 atom stereocenters. The summed E-state index contributed by atoms with van der Waals surface area (Å²) in [5.74, 6) is -1.10. The van der Waals surface area contributed by atoms with Crippen LogP contribution >= 0.6 is 0 Å². The molecule has 0 bridgehead atoms. The molecule has 0 aromatic rings. The minimum Gasteiger partial charge on any atom is -0.379 e. The van der Waals surface area contributed by atoms with Crippen LogP contribution in [-0.2, 0) is 14.3 Å². The van der Waals surface area contributed by atoms with Gasteiger partial charge in [-0.1, -0.05) is 6.92 Å². The zero-order valence-corrected chi connectivity index (χ0v) is 11.2. The molecule has 0 unspecified atom stereocenters. The molecule has 1 aliphatic heterocycles. The first-order valence-electron chi connectivity index (χ1n) is 6.52. The molecule has 0 radical (unpaired) electrons. The van der Waals surface area contributed by atoms with Crippen molar-refractivity contribution in [2.75, 3.05) is 39.4 Å². The van der Waals surface area contributed by atoms with Crippen LogP contribution < -0.4 is 10.6 Å². The Kier molecular flexibility index (Phi) is 6.67. The highest BCUT2D eigenvalue weighted by Gasteiger charge is 2.15. The molecule has 1 aliphatic rings. The quantitative estimate of drug-likeness (QED) is 0.642. The van der Waals surface area contributed by atoms with Gasteiger partial charge < -0.3 is 15.4 Å². The van der Waals surface area contributed by atoms with Crippen LogP contribution in [0.3, 0.4) is 0 Å². The third-order valence-corrected chi connectivity index (χ3v) is 3.01. The second-order valence-electron chi connectivity index (χ2n) is 4.49. The lowest BCUT2D eigenvalue weighted by molar-refractivity contribution is -0.139. The average Bonchev–Trinajstić information content (AvgIpc) is 2.39. The van der Waals surface area contributed by atoms with Crippen molar-refractivity contribution in [3.8, 4) is 0 Å². The van der Waals surface area contributed by atoms with Gasteiger partial charge in [0.1, 0.15) is 0 Å². The molecule has 6 nitrogen and oxygen atoms in total. The Bertz CT molecular complexity index is 278. The summed E-state index contributed by atoms with van der Waals surface area (Å²) in [6.07, 6.45) is 0.812. The van der Waals surface area contributed by atoms with Crippen molar-refractivity contribution in [1.82, 2.24) is 15.5 Å². The Morgan fingerprint density at radius 3 is 2.56 bits per heavy atom. The van der Waals surface area contributed by atoms with E-state index in [1.807, 2.05) is 13.8 Å². The molecule has 0 aliphatic carbocycles. The van der Waals surface area contributed by atoms with E-state index in [-0.39, 0.29) is 6.04 Å². The number of carbonyl (C=O) groups is 2. The second kappa shape index (κ2) is 8.05. The topological polar surface area (TPSA) is 70.7 Å². The first kappa shape index (κ1) is 14.9. The van der Waals surface area contributed by atoms with Crippen LogP contribution in [-0.4, -0.2) is 62.1 Å². The van der Waals surface area contributed by atoms with Gasteiger partial charge in [-0.15, -0.1) is 0 Å². The lowest BCUT2D eigenvalue weighted by atomic mass is 10.2. The maximum atomic E-state index is 11.5. The van der Waals surface area contributed by atoms with E-state index < -0.39 is 11.8 Å². The normalized spacial score (nSPS) is 18.1. The maximum Gasteiger partial charge on any atom is 0.309 e. The van der Waals surface area contributed by atoms with Crippen molar-refractivity contribution in [1.29, 1.82) is 0 Å². The van der Waals surface area contributed by atoms with E-state index in [4.69, 9.17) is 4.74 Å². The molecule has 1 saturated heterocycles. The Morgan fingerprint density at radius 1 is 1.28 bits per heavy atom. The molecule has 2 N–H and O–H groups in total. The summed E-state index contributed by atoms with van der Waals surface area (Å²) in [6.45, 7) is 8.33. The standard InChI is InChI=1S/C12H23N3O3/c1-3-10(2)14-12(17)11(16)13-4-5-15-6-8-18-9-7-15/h10H,3-9H2,1-2H3,(H,13,16)(H,14,17)/t10-/m1/s1. The fourth-order valence-corrected chi connectivity index (χ4v) is 1.62. The molecule has 18 heavy (non-hydrogen) atoms. The first-order chi connectivity index (χ1) is 8.63. The van der Waals surface area contributed by atoms with Crippen molar-refractivity contribution in [2.24, 2.45) is 0 Å². The van der Waals surface area contributed by atoms with Gasteiger partial charge >= 0.3 is 11.8 Å². The third-order valence-electron chi connectivity index (χ3n) is 3.01. The lowest BCUT2D eigenvalue weighted by Gasteiger charge is -2.26. The van der Waals surface area contributed by atoms with Gasteiger partial charge in [-0.3, -0.25) is 14.5 Å². The first-order valence-corrected chi connectivity index (χ1v) is 6.52. The van der Waals surface area contributed by atoms with E-state index >= 15 is 0 Å². The van der Waals surface area contributed by atoms with E-state index in [1.165, 1.54) is 0 Å². The van der Waals surface area contributed by atoms with Crippen LogP contribution in [0, 0.1) is 0 Å². The van der Waals surface area contributed by atoms with E-state index in [1.54, 1.807) is 0 Å². The number of morpholine rings is 1. The zero-order chi connectivity index (χ0) is 13.4. The van der Waals surface area contributed by atoms with Gasteiger partial charge in [-0.2, -0.15) is 0 Å². The molecular weight excluding hydrogens is 234 g/mol. The van der Waals surface area contributed by atoms with E-state index in [0.717, 1.165) is 39.3 Å². The molecule has 1 rings (SSSR count). The molecule has 0 aromatic heterocycles. The number of hydrogen-bond donors (Lipinski definition) is 2. The van der Waals surface area contributed by atoms with Crippen LogP contribution in [0.2, 0.25) is 0 Å². The Balaban J connectivity index is 2.13. The molecular formula is C12H23N3O3. The van der Waals surface area contributed by atoms with Crippen molar-refractivity contribution in [3.05, 3.63) is 0 Å². The summed E-state index contributed by atoms with van der Waals surface area (Å²) >= 11 is 0. The predicted octanol–water partition coefficient (Wildman–Crippen LogP) is -0.650. The average molecular weight is 257 g/mol. The molecule has 1 heterocycles. The van der Waals surface area contributed by atoms with Gasteiger partial charge in [-0.05, 0) is 13.3 Å². The van der Waals surface area contributed by atoms with Crippen LogP contribution in [0.5, 0.6) is 0 Å². The van der Waals surface area contributed by atoms with Crippen LogP contribution in [0.15, 0.2) is 0 Å². The summed E-state index contributed by atoms with van der Waals surface area (Å²) < 4.78 is 5.23. The van der Waals surface area contributed by atoms with Crippen molar-refractivity contribution in [2.45, 2.75) is 26.3 Å².